The molecule has 3 N–H and O–H groups in total. The van der Waals surface area contributed by atoms with Gasteiger partial charge in [-0.15, -0.1) is 0 Å². The molecule has 0 fully saturated rings. The first-order chi connectivity index (χ1) is 9.69. The molecule has 0 aliphatic heterocycles. The van der Waals surface area contributed by atoms with E-state index in [4.69, 9.17) is 22.2 Å². The number of benzene rings is 2. The predicted octanol–water partition coefficient (Wildman–Crippen LogP) is 3.46. The van der Waals surface area contributed by atoms with Gasteiger partial charge in [-0.25, -0.2) is 5.43 Å². The molecule has 0 bridgehead atoms. The van der Waals surface area contributed by atoms with Crippen molar-refractivity contribution in [2.45, 2.75) is 19.4 Å². The highest BCUT2D eigenvalue weighted by atomic mass is 35.5. The summed E-state index contributed by atoms with van der Waals surface area (Å²) < 4.78 is 5.41. The largest absolute Gasteiger partial charge is 0.496 e. The molecule has 3 nitrogen and oxygen atoms in total. The van der Waals surface area contributed by atoms with Gasteiger partial charge in [0.05, 0.1) is 13.2 Å². The van der Waals surface area contributed by atoms with Crippen LogP contribution in [0.25, 0.3) is 0 Å². The van der Waals surface area contributed by atoms with Crippen LogP contribution in [-0.2, 0) is 6.42 Å². The van der Waals surface area contributed by atoms with E-state index in [0.29, 0.717) is 5.02 Å². The third-order valence-corrected chi connectivity index (χ3v) is 3.60. The second kappa shape index (κ2) is 6.75. The number of ether oxygens (including phenoxy) is 1. The van der Waals surface area contributed by atoms with Gasteiger partial charge in [-0.1, -0.05) is 48.9 Å². The third-order valence-electron chi connectivity index (χ3n) is 3.37. The van der Waals surface area contributed by atoms with Crippen molar-refractivity contribution in [3.63, 3.8) is 0 Å². The minimum atomic E-state index is -0.131. The average Bonchev–Trinajstić information content (AvgIpc) is 2.49. The number of hydrogen-bond donors (Lipinski definition) is 2. The fourth-order valence-electron chi connectivity index (χ4n) is 2.28. The summed E-state index contributed by atoms with van der Waals surface area (Å²) in [5, 5.41) is 0.642. The van der Waals surface area contributed by atoms with Gasteiger partial charge in [0.25, 0.3) is 0 Å². The zero-order valence-electron chi connectivity index (χ0n) is 11.7. The van der Waals surface area contributed by atoms with Crippen molar-refractivity contribution in [1.82, 2.24) is 5.43 Å². The van der Waals surface area contributed by atoms with E-state index in [2.05, 4.69) is 30.5 Å². The lowest BCUT2D eigenvalue weighted by Gasteiger charge is -2.20. The van der Waals surface area contributed by atoms with Gasteiger partial charge in [0.2, 0.25) is 0 Å². The third kappa shape index (κ3) is 3.12. The topological polar surface area (TPSA) is 47.3 Å². The second-order valence-electron chi connectivity index (χ2n) is 4.58. The van der Waals surface area contributed by atoms with Crippen molar-refractivity contribution in [2.24, 2.45) is 5.84 Å². The zero-order valence-corrected chi connectivity index (χ0v) is 12.4. The van der Waals surface area contributed by atoms with Crippen LogP contribution in [0.2, 0.25) is 5.02 Å². The van der Waals surface area contributed by atoms with Crippen LogP contribution in [0.4, 0.5) is 0 Å². The number of aryl methyl sites for hydroxylation is 1. The summed E-state index contributed by atoms with van der Waals surface area (Å²) in [6.07, 6.45) is 0.989. The Labute approximate surface area is 124 Å². The van der Waals surface area contributed by atoms with Crippen LogP contribution < -0.4 is 16.0 Å². The average molecular weight is 291 g/mol. The van der Waals surface area contributed by atoms with E-state index in [-0.39, 0.29) is 6.04 Å². The number of hydrazine groups is 1. The lowest BCUT2D eigenvalue weighted by molar-refractivity contribution is 0.404. The van der Waals surface area contributed by atoms with Crippen molar-refractivity contribution in [3.8, 4) is 5.75 Å². The zero-order chi connectivity index (χ0) is 14.5. The summed E-state index contributed by atoms with van der Waals surface area (Å²) in [5.41, 5.74) is 6.20. The van der Waals surface area contributed by atoms with Gasteiger partial charge in [0.15, 0.2) is 0 Å². The molecule has 0 amide bonds. The first-order valence-electron chi connectivity index (χ1n) is 6.58. The quantitative estimate of drug-likeness (QED) is 0.655. The SMILES string of the molecule is CCc1cccc(C(NN)c2ccc(Cl)cc2OC)c1. The van der Waals surface area contributed by atoms with Crippen LogP contribution in [0.5, 0.6) is 5.75 Å². The molecular formula is C16H19ClN2O. The number of hydrogen-bond acceptors (Lipinski definition) is 3. The van der Waals surface area contributed by atoms with Gasteiger partial charge in [0, 0.05) is 10.6 Å². The van der Waals surface area contributed by atoms with E-state index in [0.717, 1.165) is 23.3 Å². The molecule has 2 aromatic rings. The van der Waals surface area contributed by atoms with Crippen LogP contribution in [-0.4, -0.2) is 7.11 Å². The number of rotatable bonds is 5. The van der Waals surface area contributed by atoms with Crippen LogP contribution in [0.15, 0.2) is 42.5 Å². The Kier molecular flexibility index (Phi) is 5.01. The van der Waals surface area contributed by atoms with Crippen molar-refractivity contribution >= 4 is 11.6 Å². The van der Waals surface area contributed by atoms with Crippen molar-refractivity contribution < 1.29 is 4.74 Å². The van der Waals surface area contributed by atoms with Gasteiger partial charge in [-0.05, 0) is 29.7 Å². The smallest absolute Gasteiger partial charge is 0.125 e. The lowest BCUT2D eigenvalue weighted by atomic mass is 9.96. The maximum atomic E-state index is 6.01. The highest BCUT2D eigenvalue weighted by Gasteiger charge is 2.17. The van der Waals surface area contributed by atoms with Gasteiger partial charge < -0.3 is 4.74 Å². The van der Waals surface area contributed by atoms with E-state index >= 15 is 0 Å². The summed E-state index contributed by atoms with van der Waals surface area (Å²) in [6.45, 7) is 2.13. The minimum absolute atomic E-state index is 0.131. The van der Waals surface area contributed by atoms with E-state index in [1.165, 1.54) is 5.56 Å². The first kappa shape index (κ1) is 14.9. The Bertz CT molecular complexity index is 586. The monoisotopic (exact) mass is 290 g/mol. The summed E-state index contributed by atoms with van der Waals surface area (Å²) in [4.78, 5) is 0. The van der Waals surface area contributed by atoms with E-state index in [1.54, 1.807) is 13.2 Å². The highest BCUT2D eigenvalue weighted by molar-refractivity contribution is 6.30. The number of nitrogens with one attached hydrogen (secondary N) is 1. The molecule has 0 saturated heterocycles. The Hall–Kier alpha value is -1.55. The Morgan fingerprint density at radius 1 is 1.25 bits per heavy atom. The molecular weight excluding hydrogens is 272 g/mol. The summed E-state index contributed by atoms with van der Waals surface area (Å²) in [7, 11) is 1.63. The molecule has 2 rings (SSSR count). The Morgan fingerprint density at radius 2 is 2.05 bits per heavy atom. The first-order valence-corrected chi connectivity index (χ1v) is 6.95. The maximum Gasteiger partial charge on any atom is 0.125 e. The van der Waals surface area contributed by atoms with Gasteiger partial charge in [-0.3, -0.25) is 5.84 Å². The van der Waals surface area contributed by atoms with E-state index in [1.807, 2.05) is 18.2 Å². The van der Waals surface area contributed by atoms with Gasteiger partial charge in [-0.2, -0.15) is 0 Å². The van der Waals surface area contributed by atoms with Gasteiger partial charge in [0.1, 0.15) is 5.75 Å². The Morgan fingerprint density at radius 3 is 2.70 bits per heavy atom. The molecule has 0 spiro atoms. The molecule has 20 heavy (non-hydrogen) atoms. The molecule has 1 atom stereocenters. The number of methoxy groups -OCH3 is 1. The standard InChI is InChI=1S/C16H19ClN2O/c1-3-11-5-4-6-12(9-11)16(19-18)14-8-7-13(17)10-15(14)20-2/h4-10,16,19H,3,18H2,1-2H3. The number of nitrogens with two attached hydrogens (primary N) is 1. The second-order valence-corrected chi connectivity index (χ2v) is 5.02. The summed E-state index contributed by atoms with van der Waals surface area (Å²) in [5.74, 6) is 6.48. The lowest BCUT2D eigenvalue weighted by Crippen LogP contribution is -2.29. The molecule has 2 aromatic carbocycles. The minimum Gasteiger partial charge on any atom is -0.496 e. The van der Waals surface area contributed by atoms with Crippen molar-refractivity contribution in [2.75, 3.05) is 7.11 Å². The molecule has 0 radical (unpaired) electrons. The van der Waals surface area contributed by atoms with Crippen molar-refractivity contribution in [3.05, 3.63) is 64.2 Å². The van der Waals surface area contributed by atoms with Crippen LogP contribution >= 0.6 is 11.6 Å². The number of halogens is 1. The van der Waals surface area contributed by atoms with Gasteiger partial charge >= 0.3 is 0 Å². The summed E-state index contributed by atoms with van der Waals surface area (Å²) >= 11 is 6.01. The molecule has 0 aliphatic rings. The maximum absolute atomic E-state index is 6.01. The van der Waals surface area contributed by atoms with Crippen molar-refractivity contribution in [1.29, 1.82) is 0 Å². The molecule has 1 unspecified atom stereocenters. The van der Waals surface area contributed by atoms with Crippen LogP contribution in [0.1, 0.15) is 29.7 Å². The molecule has 0 aromatic heterocycles. The molecule has 4 heteroatoms. The molecule has 0 saturated carbocycles. The molecule has 0 heterocycles. The molecule has 0 aliphatic carbocycles. The normalized spacial score (nSPS) is 12.2. The van der Waals surface area contributed by atoms with Crippen LogP contribution in [0.3, 0.4) is 0 Å². The Balaban J connectivity index is 2.46. The predicted molar refractivity (Wildman–Crippen MR) is 83.0 cm³/mol. The fourth-order valence-corrected chi connectivity index (χ4v) is 2.44. The molecule has 106 valence electrons. The van der Waals surface area contributed by atoms with E-state index in [9.17, 15) is 0 Å². The summed E-state index contributed by atoms with van der Waals surface area (Å²) in [6, 6.07) is 13.8. The highest BCUT2D eigenvalue weighted by Crippen LogP contribution is 2.32. The van der Waals surface area contributed by atoms with E-state index < -0.39 is 0 Å². The van der Waals surface area contributed by atoms with Crippen LogP contribution in [0, 0.1) is 0 Å². The fraction of sp³-hybridized carbons (Fsp3) is 0.250.